The van der Waals surface area contributed by atoms with Crippen molar-refractivity contribution in [1.29, 1.82) is 0 Å². The van der Waals surface area contributed by atoms with Crippen molar-refractivity contribution in [2.24, 2.45) is 0 Å². The van der Waals surface area contributed by atoms with E-state index in [-0.39, 0.29) is 5.91 Å². The van der Waals surface area contributed by atoms with Gasteiger partial charge in [0.05, 0.1) is 0 Å². The van der Waals surface area contributed by atoms with Crippen LogP contribution in [0.4, 0.5) is 11.4 Å². The standard InChI is InChI=1S/C15H11BrN2OS/c16-13-11-3-1-2-4-12(11)20-14(13)15(19)18-10-7-5-9(17)6-8-10/h1-8H,17H2,(H,18,19). The fraction of sp³-hybridized carbons (Fsp3) is 0. The highest BCUT2D eigenvalue weighted by Crippen LogP contribution is 2.35. The summed E-state index contributed by atoms with van der Waals surface area (Å²) in [5.74, 6) is -0.122. The largest absolute Gasteiger partial charge is 0.399 e. The number of anilines is 2. The highest BCUT2D eigenvalue weighted by Gasteiger charge is 2.16. The Hall–Kier alpha value is -1.85. The number of halogens is 1. The number of rotatable bonds is 2. The second-order valence-electron chi connectivity index (χ2n) is 4.32. The lowest BCUT2D eigenvalue weighted by Crippen LogP contribution is -2.10. The molecule has 0 unspecified atom stereocenters. The number of nitrogens with two attached hydrogens (primary N) is 1. The zero-order chi connectivity index (χ0) is 14.1. The van der Waals surface area contributed by atoms with Gasteiger partial charge < -0.3 is 11.1 Å². The first-order valence-electron chi connectivity index (χ1n) is 5.99. The minimum absolute atomic E-state index is 0.122. The molecule has 0 bridgehead atoms. The molecule has 5 heteroatoms. The number of benzene rings is 2. The van der Waals surface area contributed by atoms with Crippen LogP contribution in [0, 0.1) is 0 Å². The van der Waals surface area contributed by atoms with Gasteiger partial charge in [0, 0.05) is 25.9 Å². The minimum Gasteiger partial charge on any atom is -0.399 e. The van der Waals surface area contributed by atoms with Crippen LogP contribution in [0.15, 0.2) is 53.0 Å². The van der Waals surface area contributed by atoms with Gasteiger partial charge in [-0.15, -0.1) is 11.3 Å². The van der Waals surface area contributed by atoms with Crippen molar-refractivity contribution in [1.82, 2.24) is 0 Å². The van der Waals surface area contributed by atoms with Crippen LogP contribution in [-0.2, 0) is 0 Å². The predicted octanol–water partition coefficient (Wildman–Crippen LogP) is 4.50. The van der Waals surface area contributed by atoms with Crippen molar-refractivity contribution in [3.05, 3.63) is 57.9 Å². The quantitative estimate of drug-likeness (QED) is 0.671. The molecule has 0 radical (unpaired) electrons. The van der Waals surface area contributed by atoms with Gasteiger partial charge in [-0.25, -0.2) is 0 Å². The van der Waals surface area contributed by atoms with Gasteiger partial charge in [-0.05, 0) is 46.3 Å². The molecule has 3 aromatic rings. The van der Waals surface area contributed by atoms with Crippen molar-refractivity contribution >= 4 is 54.6 Å². The smallest absolute Gasteiger partial charge is 0.266 e. The van der Waals surface area contributed by atoms with Gasteiger partial charge in [-0.1, -0.05) is 18.2 Å². The third-order valence-corrected chi connectivity index (χ3v) is 5.17. The molecule has 100 valence electrons. The summed E-state index contributed by atoms with van der Waals surface area (Å²) in [6.45, 7) is 0. The van der Waals surface area contributed by atoms with Crippen LogP contribution in [0.25, 0.3) is 10.1 Å². The summed E-state index contributed by atoms with van der Waals surface area (Å²) in [6.07, 6.45) is 0. The Kier molecular flexibility index (Phi) is 3.46. The highest BCUT2D eigenvalue weighted by molar-refractivity contribution is 9.10. The predicted molar refractivity (Wildman–Crippen MR) is 88.3 cm³/mol. The number of nitrogen functional groups attached to an aromatic ring is 1. The lowest BCUT2D eigenvalue weighted by molar-refractivity contribution is 0.103. The van der Waals surface area contributed by atoms with Gasteiger partial charge >= 0.3 is 0 Å². The molecular weight excluding hydrogens is 336 g/mol. The van der Waals surface area contributed by atoms with Crippen molar-refractivity contribution < 1.29 is 4.79 Å². The topological polar surface area (TPSA) is 55.1 Å². The molecule has 0 aliphatic heterocycles. The normalized spacial score (nSPS) is 10.7. The number of fused-ring (bicyclic) bond motifs is 1. The van der Waals surface area contributed by atoms with E-state index in [4.69, 9.17) is 5.73 Å². The van der Waals surface area contributed by atoms with E-state index in [1.165, 1.54) is 11.3 Å². The van der Waals surface area contributed by atoms with Crippen molar-refractivity contribution in [3.8, 4) is 0 Å². The number of hydrogen-bond donors (Lipinski definition) is 2. The van der Waals surface area contributed by atoms with Gasteiger partial charge in [0.2, 0.25) is 0 Å². The molecule has 3 nitrogen and oxygen atoms in total. The Morgan fingerprint density at radius 3 is 2.50 bits per heavy atom. The minimum atomic E-state index is -0.122. The summed E-state index contributed by atoms with van der Waals surface area (Å²) < 4.78 is 1.92. The van der Waals surface area contributed by atoms with E-state index in [9.17, 15) is 4.79 Å². The van der Waals surface area contributed by atoms with Gasteiger partial charge in [-0.3, -0.25) is 4.79 Å². The lowest BCUT2D eigenvalue weighted by Gasteiger charge is -2.04. The van der Waals surface area contributed by atoms with Crippen LogP contribution in [0.2, 0.25) is 0 Å². The average Bonchev–Trinajstić information content (AvgIpc) is 2.79. The van der Waals surface area contributed by atoms with E-state index in [1.807, 2.05) is 24.3 Å². The average molecular weight is 347 g/mol. The summed E-state index contributed by atoms with van der Waals surface area (Å²) in [7, 11) is 0. The first kappa shape index (κ1) is 13.1. The number of hydrogen-bond acceptors (Lipinski definition) is 3. The fourth-order valence-corrected chi connectivity index (χ4v) is 3.80. The molecule has 0 spiro atoms. The molecule has 0 saturated carbocycles. The maximum Gasteiger partial charge on any atom is 0.266 e. The zero-order valence-corrected chi connectivity index (χ0v) is 12.8. The molecule has 0 aliphatic carbocycles. The third-order valence-electron chi connectivity index (χ3n) is 2.91. The van der Waals surface area contributed by atoms with Crippen LogP contribution < -0.4 is 11.1 Å². The van der Waals surface area contributed by atoms with E-state index in [0.717, 1.165) is 20.2 Å². The van der Waals surface area contributed by atoms with Crippen LogP contribution in [-0.4, -0.2) is 5.91 Å². The van der Waals surface area contributed by atoms with Gasteiger partial charge in [0.25, 0.3) is 5.91 Å². The molecule has 3 N–H and O–H groups in total. The van der Waals surface area contributed by atoms with Crippen molar-refractivity contribution in [3.63, 3.8) is 0 Å². The van der Waals surface area contributed by atoms with E-state index in [1.54, 1.807) is 24.3 Å². The second-order valence-corrected chi connectivity index (χ2v) is 6.16. The second kappa shape index (κ2) is 5.26. The molecule has 0 atom stereocenters. The maximum atomic E-state index is 12.3. The Morgan fingerprint density at radius 2 is 1.80 bits per heavy atom. The molecule has 1 amide bonds. The zero-order valence-electron chi connectivity index (χ0n) is 10.4. The Bertz CT molecular complexity index is 780. The lowest BCUT2D eigenvalue weighted by atomic mass is 10.2. The molecule has 1 aromatic heterocycles. The summed E-state index contributed by atoms with van der Waals surface area (Å²) >= 11 is 4.98. The first-order valence-corrected chi connectivity index (χ1v) is 7.60. The fourth-order valence-electron chi connectivity index (χ4n) is 1.91. The van der Waals surface area contributed by atoms with Gasteiger partial charge in [0.15, 0.2) is 0 Å². The summed E-state index contributed by atoms with van der Waals surface area (Å²) in [6, 6.07) is 15.0. The molecular formula is C15H11BrN2OS. The maximum absolute atomic E-state index is 12.3. The van der Waals surface area contributed by atoms with Crippen molar-refractivity contribution in [2.75, 3.05) is 11.1 Å². The van der Waals surface area contributed by atoms with Gasteiger partial charge in [-0.2, -0.15) is 0 Å². The number of carbonyl (C=O) groups excluding carboxylic acids is 1. The van der Waals surface area contributed by atoms with E-state index >= 15 is 0 Å². The van der Waals surface area contributed by atoms with Crippen LogP contribution in [0.5, 0.6) is 0 Å². The molecule has 0 saturated heterocycles. The Balaban J connectivity index is 1.92. The monoisotopic (exact) mass is 346 g/mol. The Morgan fingerprint density at radius 1 is 1.10 bits per heavy atom. The molecule has 0 fully saturated rings. The summed E-state index contributed by atoms with van der Waals surface area (Å²) in [5, 5.41) is 3.93. The third kappa shape index (κ3) is 2.42. The highest BCUT2D eigenvalue weighted by atomic mass is 79.9. The van der Waals surface area contributed by atoms with Gasteiger partial charge in [0.1, 0.15) is 4.88 Å². The molecule has 3 rings (SSSR count). The first-order chi connectivity index (χ1) is 9.65. The number of nitrogens with one attached hydrogen (secondary N) is 1. The Labute approximate surface area is 128 Å². The van der Waals surface area contributed by atoms with Crippen LogP contribution >= 0.6 is 27.3 Å². The summed E-state index contributed by atoms with van der Waals surface area (Å²) in [4.78, 5) is 13.0. The van der Waals surface area contributed by atoms with E-state index in [2.05, 4.69) is 21.2 Å². The molecule has 0 aliphatic rings. The summed E-state index contributed by atoms with van der Waals surface area (Å²) in [5.41, 5.74) is 7.03. The number of amides is 1. The molecule has 1 heterocycles. The molecule has 2 aromatic carbocycles. The number of carbonyl (C=O) groups is 1. The van der Waals surface area contributed by atoms with Crippen molar-refractivity contribution in [2.45, 2.75) is 0 Å². The van der Waals surface area contributed by atoms with E-state index in [0.29, 0.717) is 10.6 Å². The van der Waals surface area contributed by atoms with E-state index < -0.39 is 0 Å². The molecule has 20 heavy (non-hydrogen) atoms. The number of thiophene rings is 1. The van der Waals surface area contributed by atoms with Crippen LogP contribution in [0.1, 0.15) is 9.67 Å². The van der Waals surface area contributed by atoms with Crippen LogP contribution in [0.3, 0.4) is 0 Å². The SMILES string of the molecule is Nc1ccc(NC(=O)c2sc3ccccc3c2Br)cc1.